The molecule has 3 nitrogen and oxygen atoms in total. The summed E-state index contributed by atoms with van der Waals surface area (Å²) in [6.45, 7) is 11.9. The molecule has 196 valence electrons. The molecule has 2 aliphatic rings. The van der Waals surface area contributed by atoms with E-state index >= 15 is 4.39 Å². The summed E-state index contributed by atoms with van der Waals surface area (Å²) in [4.78, 5) is 12.6. The normalized spacial score (nSPS) is 22.7. The number of esters is 1. The molecule has 0 heterocycles. The minimum absolute atomic E-state index is 0.0170. The third kappa shape index (κ3) is 6.40. The van der Waals surface area contributed by atoms with Crippen LogP contribution >= 0.6 is 11.6 Å². The first-order valence-electron chi connectivity index (χ1n) is 12.9. The van der Waals surface area contributed by atoms with Crippen molar-refractivity contribution in [2.24, 2.45) is 11.3 Å². The second kappa shape index (κ2) is 9.96. The van der Waals surface area contributed by atoms with Gasteiger partial charge in [-0.05, 0) is 105 Å². The van der Waals surface area contributed by atoms with Gasteiger partial charge in [-0.25, -0.2) is 13.6 Å². The monoisotopic (exact) mass is 518 g/mol. The van der Waals surface area contributed by atoms with Crippen LogP contribution in [0.15, 0.2) is 30.3 Å². The van der Waals surface area contributed by atoms with Gasteiger partial charge in [0, 0.05) is 11.1 Å². The summed E-state index contributed by atoms with van der Waals surface area (Å²) in [5.41, 5.74) is 1.09. The highest BCUT2D eigenvalue weighted by atomic mass is 35.5. The third-order valence-electron chi connectivity index (χ3n) is 7.35. The second-order valence-electron chi connectivity index (χ2n) is 12.4. The van der Waals surface area contributed by atoms with Crippen molar-refractivity contribution in [1.82, 2.24) is 0 Å². The molecule has 0 spiro atoms. The number of benzene rings is 2. The smallest absolute Gasteiger partial charge is 0.341 e. The van der Waals surface area contributed by atoms with Crippen molar-refractivity contribution in [1.29, 1.82) is 0 Å². The van der Waals surface area contributed by atoms with E-state index in [1.165, 1.54) is 18.2 Å². The second-order valence-corrected chi connectivity index (χ2v) is 12.8. The van der Waals surface area contributed by atoms with Crippen molar-refractivity contribution in [3.05, 3.63) is 63.7 Å². The van der Waals surface area contributed by atoms with Gasteiger partial charge in [0.05, 0.1) is 11.7 Å². The van der Waals surface area contributed by atoms with Crippen molar-refractivity contribution in [2.75, 3.05) is 0 Å². The first-order valence-corrected chi connectivity index (χ1v) is 13.3. The van der Waals surface area contributed by atoms with Gasteiger partial charge in [0.1, 0.15) is 23.0 Å². The maximum Gasteiger partial charge on any atom is 0.341 e. The standard InChI is InChI=1S/C30H37ClF2O3/c1-17(22-10-9-20(32)12-25(22)31)19-11-21(16-30(5,6)15-19)35-27-14-26(33)24(13-23(27)18-7-8-18)28(34)36-29(2,3)4/h9-10,12-14,17-19,21H,7-8,11,15-16H2,1-6H3/t17?,19?,21-/m0/s1. The first kappa shape index (κ1) is 26.9. The van der Waals surface area contributed by atoms with Crippen molar-refractivity contribution >= 4 is 17.6 Å². The topological polar surface area (TPSA) is 35.5 Å². The van der Waals surface area contributed by atoms with Crippen LogP contribution in [0.25, 0.3) is 0 Å². The summed E-state index contributed by atoms with van der Waals surface area (Å²) in [6, 6.07) is 7.59. The predicted molar refractivity (Wildman–Crippen MR) is 139 cm³/mol. The third-order valence-corrected chi connectivity index (χ3v) is 7.68. The zero-order chi connectivity index (χ0) is 26.4. The Bertz CT molecular complexity index is 1130. The largest absolute Gasteiger partial charge is 0.490 e. The van der Waals surface area contributed by atoms with E-state index in [0.29, 0.717) is 10.8 Å². The molecule has 2 aliphatic carbocycles. The number of halogens is 3. The van der Waals surface area contributed by atoms with Crippen LogP contribution in [0.2, 0.25) is 5.02 Å². The van der Waals surface area contributed by atoms with Crippen LogP contribution in [0.4, 0.5) is 8.78 Å². The minimum atomic E-state index is -0.703. The molecule has 0 amide bonds. The van der Waals surface area contributed by atoms with Gasteiger partial charge in [-0.3, -0.25) is 0 Å². The lowest BCUT2D eigenvalue weighted by Crippen LogP contribution is -2.37. The van der Waals surface area contributed by atoms with Crippen LogP contribution in [0.5, 0.6) is 5.75 Å². The van der Waals surface area contributed by atoms with Gasteiger partial charge >= 0.3 is 5.97 Å². The van der Waals surface area contributed by atoms with Crippen LogP contribution in [-0.4, -0.2) is 17.7 Å². The fraction of sp³-hybridized carbons (Fsp3) is 0.567. The van der Waals surface area contributed by atoms with Gasteiger partial charge < -0.3 is 9.47 Å². The maximum absolute atomic E-state index is 15.1. The van der Waals surface area contributed by atoms with Gasteiger partial charge in [0.15, 0.2) is 0 Å². The van der Waals surface area contributed by atoms with Crippen LogP contribution in [0.3, 0.4) is 0 Å². The zero-order valence-electron chi connectivity index (χ0n) is 22.1. The summed E-state index contributed by atoms with van der Waals surface area (Å²) in [5.74, 6) is -0.429. The zero-order valence-corrected chi connectivity index (χ0v) is 22.8. The minimum Gasteiger partial charge on any atom is -0.490 e. The van der Waals surface area contributed by atoms with Gasteiger partial charge in [-0.15, -0.1) is 0 Å². The van der Waals surface area contributed by atoms with E-state index in [1.807, 2.05) is 0 Å². The van der Waals surface area contributed by atoms with Crippen LogP contribution in [-0.2, 0) is 4.74 Å². The Labute approximate surface area is 218 Å². The van der Waals surface area contributed by atoms with E-state index < -0.39 is 17.4 Å². The highest BCUT2D eigenvalue weighted by Gasteiger charge is 2.39. The Hall–Kier alpha value is -2.14. The summed E-state index contributed by atoms with van der Waals surface area (Å²) < 4.78 is 40.7. The lowest BCUT2D eigenvalue weighted by Gasteiger charge is -2.42. The molecule has 6 heteroatoms. The van der Waals surface area contributed by atoms with E-state index in [9.17, 15) is 9.18 Å². The lowest BCUT2D eigenvalue weighted by molar-refractivity contribution is 0.00644. The number of carbonyl (C=O) groups is 1. The van der Waals surface area contributed by atoms with Crippen molar-refractivity contribution in [2.45, 2.75) is 97.2 Å². The maximum atomic E-state index is 15.1. The average molecular weight is 519 g/mol. The molecule has 2 saturated carbocycles. The fourth-order valence-electron chi connectivity index (χ4n) is 5.57. The summed E-state index contributed by atoms with van der Waals surface area (Å²) in [7, 11) is 0. The van der Waals surface area contributed by atoms with Crippen molar-refractivity contribution in [3.63, 3.8) is 0 Å². The van der Waals surface area contributed by atoms with E-state index in [4.69, 9.17) is 21.1 Å². The Morgan fingerprint density at radius 3 is 2.42 bits per heavy atom. The summed E-state index contributed by atoms with van der Waals surface area (Å²) in [5, 5.41) is 0.444. The highest BCUT2D eigenvalue weighted by Crippen LogP contribution is 2.49. The molecule has 0 radical (unpaired) electrons. The number of hydrogen-bond donors (Lipinski definition) is 0. The molecule has 0 bridgehead atoms. The summed E-state index contributed by atoms with van der Waals surface area (Å²) >= 11 is 6.39. The SMILES string of the molecule is CC(c1ccc(F)cc1Cl)C1C[C@H](Oc2cc(F)c(C(=O)OC(C)(C)C)cc2C2CC2)CC(C)(C)C1. The number of rotatable bonds is 6. The van der Waals surface area contributed by atoms with E-state index in [1.54, 1.807) is 32.9 Å². The Kier molecular flexibility index (Phi) is 7.45. The molecular formula is C30H37ClF2O3. The van der Waals surface area contributed by atoms with Crippen LogP contribution < -0.4 is 4.74 Å². The van der Waals surface area contributed by atoms with Gasteiger partial charge in [0.2, 0.25) is 0 Å². The molecule has 2 aromatic carbocycles. The Morgan fingerprint density at radius 2 is 1.81 bits per heavy atom. The molecular weight excluding hydrogens is 482 g/mol. The molecule has 0 aliphatic heterocycles. The van der Waals surface area contributed by atoms with E-state index in [2.05, 4.69) is 20.8 Å². The van der Waals surface area contributed by atoms with E-state index in [0.717, 1.165) is 43.2 Å². The number of hydrogen-bond acceptors (Lipinski definition) is 3. The lowest BCUT2D eigenvalue weighted by atomic mass is 9.66. The molecule has 2 aromatic rings. The van der Waals surface area contributed by atoms with Gasteiger partial charge in [0.25, 0.3) is 0 Å². The van der Waals surface area contributed by atoms with Crippen molar-refractivity contribution in [3.8, 4) is 5.75 Å². The average Bonchev–Trinajstić information content (AvgIpc) is 3.56. The molecule has 3 atom stereocenters. The summed E-state index contributed by atoms with van der Waals surface area (Å²) in [6.07, 6.45) is 4.50. The van der Waals surface area contributed by atoms with Crippen molar-refractivity contribution < 1.29 is 23.0 Å². The number of ether oxygens (including phenoxy) is 2. The molecule has 36 heavy (non-hydrogen) atoms. The number of carbonyl (C=O) groups excluding carboxylic acids is 1. The van der Waals surface area contributed by atoms with Crippen LogP contribution in [0, 0.1) is 23.0 Å². The highest BCUT2D eigenvalue weighted by molar-refractivity contribution is 6.31. The molecule has 2 fully saturated rings. The van der Waals surface area contributed by atoms with E-state index in [-0.39, 0.29) is 40.7 Å². The first-order chi connectivity index (χ1) is 16.7. The van der Waals surface area contributed by atoms with Crippen LogP contribution in [0.1, 0.15) is 107 Å². The van der Waals surface area contributed by atoms with Gasteiger partial charge in [-0.2, -0.15) is 0 Å². The van der Waals surface area contributed by atoms with Gasteiger partial charge in [-0.1, -0.05) is 38.4 Å². The predicted octanol–water partition coefficient (Wildman–Crippen LogP) is 8.83. The molecule has 0 saturated heterocycles. The quantitative estimate of drug-likeness (QED) is 0.358. The molecule has 0 aromatic heterocycles. The molecule has 2 unspecified atom stereocenters. The molecule has 0 N–H and O–H groups in total. The molecule has 4 rings (SSSR count). The Balaban J connectivity index is 1.58. The Morgan fingerprint density at radius 1 is 1.11 bits per heavy atom. The fourth-order valence-corrected chi connectivity index (χ4v) is 5.90.